The molecule has 1 aliphatic rings. The number of nitrogens with one attached hydrogen (secondary N) is 2. The Labute approximate surface area is 108 Å². The molecular weight excluding hydrogens is 286 g/mol. The number of nitrogens with zero attached hydrogens (tertiary/aromatic N) is 1. The smallest absolute Gasteiger partial charge is 0.267 e. The van der Waals surface area contributed by atoms with Crippen LogP contribution in [0.1, 0.15) is 25.7 Å². The first-order chi connectivity index (χ1) is 8.27. The molecule has 0 bridgehead atoms. The van der Waals surface area contributed by atoms with Crippen molar-refractivity contribution in [3.05, 3.63) is 21.2 Å². The van der Waals surface area contributed by atoms with Gasteiger partial charge in [0.1, 0.15) is 10.3 Å². The van der Waals surface area contributed by atoms with Crippen molar-refractivity contribution in [1.82, 2.24) is 9.97 Å². The van der Waals surface area contributed by atoms with Crippen molar-refractivity contribution >= 4 is 21.7 Å². The first-order valence-electron chi connectivity index (χ1n) is 5.86. The fourth-order valence-electron chi connectivity index (χ4n) is 1.89. The lowest BCUT2D eigenvalue weighted by molar-refractivity contribution is 0.0134. The minimum atomic E-state index is -0.170. The van der Waals surface area contributed by atoms with Crippen LogP contribution in [0, 0.1) is 0 Å². The van der Waals surface area contributed by atoms with Gasteiger partial charge in [-0.2, -0.15) is 0 Å². The third kappa shape index (κ3) is 3.54. The molecule has 94 valence electrons. The standard InChI is InChI=1S/C11H16BrN3O2/c12-9-10(14-7-15-11(9)16)13-5-4-8-3-1-2-6-17-8/h7-8H,1-6H2,(H2,13,14,15,16). The zero-order valence-electron chi connectivity index (χ0n) is 9.54. The van der Waals surface area contributed by atoms with Crippen molar-refractivity contribution in [2.45, 2.75) is 31.8 Å². The van der Waals surface area contributed by atoms with E-state index < -0.39 is 0 Å². The van der Waals surface area contributed by atoms with Crippen LogP contribution >= 0.6 is 15.9 Å². The molecule has 1 fully saturated rings. The quantitative estimate of drug-likeness (QED) is 0.891. The van der Waals surface area contributed by atoms with E-state index in [1.54, 1.807) is 0 Å². The Morgan fingerprint density at radius 1 is 1.59 bits per heavy atom. The van der Waals surface area contributed by atoms with Crippen LogP contribution in [0.25, 0.3) is 0 Å². The molecule has 0 aliphatic carbocycles. The second-order valence-corrected chi connectivity index (χ2v) is 4.89. The molecule has 1 aromatic rings. The lowest BCUT2D eigenvalue weighted by atomic mass is 10.1. The Balaban J connectivity index is 1.81. The van der Waals surface area contributed by atoms with Crippen LogP contribution in [0.4, 0.5) is 5.82 Å². The highest BCUT2D eigenvalue weighted by atomic mass is 79.9. The van der Waals surface area contributed by atoms with Crippen molar-refractivity contribution in [1.29, 1.82) is 0 Å². The largest absolute Gasteiger partial charge is 0.378 e. The Morgan fingerprint density at radius 2 is 2.47 bits per heavy atom. The molecule has 0 spiro atoms. The van der Waals surface area contributed by atoms with E-state index in [0.717, 1.165) is 26.0 Å². The Morgan fingerprint density at radius 3 is 3.24 bits per heavy atom. The predicted octanol–water partition coefficient (Wildman–Crippen LogP) is 1.90. The molecule has 1 unspecified atom stereocenters. The van der Waals surface area contributed by atoms with Crippen LogP contribution in [0.15, 0.2) is 15.6 Å². The first kappa shape index (κ1) is 12.6. The van der Waals surface area contributed by atoms with E-state index in [9.17, 15) is 4.79 Å². The molecule has 1 aromatic heterocycles. The number of hydrogen-bond acceptors (Lipinski definition) is 4. The molecule has 6 heteroatoms. The van der Waals surface area contributed by atoms with Gasteiger partial charge in [0.2, 0.25) is 0 Å². The number of aromatic amines is 1. The van der Waals surface area contributed by atoms with E-state index in [1.807, 2.05) is 0 Å². The highest BCUT2D eigenvalue weighted by Gasteiger charge is 2.13. The SMILES string of the molecule is O=c1[nH]cnc(NCCC2CCCCO2)c1Br. The highest BCUT2D eigenvalue weighted by molar-refractivity contribution is 9.10. The second kappa shape index (κ2) is 6.16. The van der Waals surface area contributed by atoms with Gasteiger partial charge in [0, 0.05) is 13.2 Å². The summed E-state index contributed by atoms with van der Waals surface area (Å²) < 4.78 is 6.08. The fourth-order valence-corrected chi connectivity index (χ4v) is 2.25. The average Bonchev–Trinajstić information content (AvgIpc) is 2.36. The number of aromatic nitrogens is 2. The van der Waals surface area contributed by atoms with Gasteiger partial charge in [0.15, 0.2) is 0 Å². The van der Waals surface area contributed by atoms with Crippen molar-refractivity contribution in [3.8, 4) is 0 Å². The first-order valence-corrected chi connectivity index (χ1v) is 6.65. The van der Waals surface area contributed by atoms with Gasteiger partial charge in [-0.1, -0.05) is 0 Å². The van der Waals surface area contributed by atoms with Crippen LogP contribution in [-0.4, -0.2) is 29.2 Å². The molecule has 2 heterocycles. The summed E-state index contributed by atoms with van der Waals surface area (Å²) >= 11 is 3.21. The maximum absolute atomic E-state index is 11.3. The van der Waals surface area contributed by atoms with Gasteiger partial charge < -0.3 is 15.0 Å². The number of ether oxygens (including phenoxy) is 1. The summed E-state index contributed by atoms with van der Waals surface area (Å²) in [5.74, 6) is 0.588. The van der Waals surface area contributed by atoms with Gasteiger partial charge in [-0.3, -0.25) is 4.79 Å². The molecular formula is C11H16BrN3O2. The molecule has 1 aliphatic heterocycles. The van der Waals surface area contributed by atoms with E-state index in [4.69, 9.17) is 4.74 Å². The zero-order chi connectivity index (χ0) is 12.1. The maximum atomic E-state index is 11.3. The molecule has 1 saturated heterocycles. The summed E-state index contributed by atoms with van der Waals surface area (Å²) in [6, 6.07) is 0. The molecule has 2 N–H and O–H groups in total. The van der Waals surface area contributed by atoms with Crippen LogP contribution < -0.4 is 10.9 Å². The van der Waals surface area contributed by atoms with E-state index in [1.165, 1.54) is 19.2 Å². The number of rotatable bonds is 4. The lowest BCUT2D eigenvalue weighted by Crippen LogP contribution is -2.22. The van der Waals surface area contributed by atoms with E-state index in [2.05, 4.69) is 31.2 Å². The average molecular weight is 302 g/mol. The van der Waals surface area contributed by atoms with Crippen LogP contribution in [0.2, 0.25) is 0 Å². The molecule has 0 saturated carbocycles. The monoisotopic (exact) mass is 301 g/mol. The van der Waals surface area contributed by atoms with Crippen LogP contribution in [0.5, 0.6) is 0 Å². The molecule has 0 radical (unpaired) electrons. The van der Waals surface area contributed by atoms with Crippen LogP contribution in [-0.2, 0) is 4.74 Å². The summed E-state index contributed by atoms with van der Waals surface area (Å²) in [6.07, 6.45) is 6.24. The van der Waals surface area contributed by atoms with Crippen LogP contribution in [0.3, 0.4) is 0 Å². The van der Waals surface area contributed by atoms with E-state index >= 15 is 0 Å². The van der Waals surface area contributed by atoms with Gasteiger partial charge in [-0.05, 0) is 41.6 Å². The number of anilines is 1. The van der Waals surface area contributed by atoms with Gasteiger partial charge in [0.05, 0.1) is 12.4 Å². The normalized spacial score (nSPS) is 20.2. The summed E-state index contributed by atoms with van der Waals surface area (Å²) in [4.78, 5) is 17.9. The van der Waals surface area contributed by atoms with Gasteiger partial charge >= 0.3 is 0 Å². The molecule has 0 aromatic carbocycles. The zero-order valence-corrected chi connectivity index (χ0v) is 11.1. The Bertz CT molecular complexity index is 415. The highest BCUT2D eigenvalue weighted by Crippen LogP contribution is 2.17. The molecule has 1 atom stereocenters. The van der Waals surface area contributed by atoms with E-state index in [0.29, 0.717) is 16.4 Å². The van der Waals surface area contributed by atoms with Gasteiger partial charge in [0.25, 0.3) is 5.56 Å². The van der Waals surface area contributed by atoms with Crippen molar-refractivity contribution in [2.75, 3.05) is 18.5 Å². The van der Waals surface area contributed by atoms with Crippen molar-refractivity contribution in [3.63, 3.8) is 0 Å². The summed E-state index contributed by atoms with van der Waals surface area (Å²) in [6.45, 7) is 1.64. The molecule has 2 rings (SSSR count). The second-order valence-electron chi connectivity index (χ2n) is 4.10. The maximum Gasteiger partial charge on any atom is 0.267 e. The molecule has 5 nitrogen and oxygen atoms in total. The Kier molecular flexibility index (Phi) is 4.56. The number of H-pyrrole nitrogens is 1. The number of halogens is 1. The topological polar surface area (TPSA) is 67.0 Å². The van der Waals surface area contributed by atoms with Crippen molar-refractivity contribution in [2.24, 2.45) is 0 Å². The summed E-state index contributed by atoms with van der Waals surface area (Å²) in [5, 5.41) is 3.14. The minimum Gasteiger partial charge on any atom is -0.378 e. The molecule has 0 amide bonds. The predicted molar refractivity (Wildman–Crippen MR) is 69.3 cm³/mol. The summed E-state index contributed by atoms with van der Waals surface area (Å²) in [7, 11) is 0. The third-order valence-corrected chi connectivity index (χ3v) is 3.56. The van der Waals surface area contributed by atoms with E-state index in [-0.39, 0.29) is 5.56 Å². The van der Waals surface area contributed by atoms with Crippen molar-refractivity contribution < 1.29 is 4.74 Å². The molecule has 17 heavy (non-hydrogen) atoms. The fraction of sp³-hybridized carbons (Fsp3) is 0.636. The third-order valence-electron chi connectivity index (χ3n) is 2.83. The minimum absolute atomic E-state index is 0.170. The number of hydrogen-bond donors (Lipinski definition) is 2. The lowest BCUT2D eigenvalue weighted by Gasteiger charge is -2.22. The summed E-state index contributed by atoms with van der Waals surface area (Å²) in [5.41, 5.74) is -0.170. The Hall–Kier alpha value is -0.880. The van der Waals surface area contributed by atoms with Gasteiger partial charge in [-0.15, -0.1) is 0 Å². The van der Waals surface area contributed by atoms with Gasteiger partial charge in [-0.25, -0.2) is 4.98 Å².